The van der Waals surface area contributed by atoms with E-state index in [2.05, 4.69) is 10.6 Å². The molecule has 0 aromatic rings. The summed E-state index contributed by atoms with van der Waals surface area (Å²) < 4.78 is 0. The minimum absolute atomic E-state index is 0.0138. The van der Waals surface area contributed by atoms with Crippen LogP contribution in [0.25, 0.3) is 0 Å². The van der Waals surface area contributed by atoms with E-state index in [0.717, 1.165) is 32.2 Å². The molecule has 0 radical (unpaired) electrons. The Bertz CT molecular complexity index is 311. The van der Waals surface area contributed by atoms with Crippen molar-refractivity contribution >= 4 is 11.9 Å². The smallest absolute Gasteiger partial charge is 0.323 e. The molecule has 5 nitrogen and oxygen atoms in total. The Morgan fingerprint density at radius 1 is 1.29 bits per heavy atom. The minimum Gasteiger partial charge on any atom is -0.323 e. The number of nitrogens with one attached hydrogen (secondary N) is 2. The molecule has 0 aromatic heterocycles. The lowest BCUT2D eigenvalue weighted by Gasteiger charge is -2.30. The molecule has 17 heavy (non-hydrogen) atoms. The van der Waals surface area contributed by atoms with Crippen molar-refractivity contribution in [1.29, 1.82) is 0 Å². The maximum atomic E-state index is 12.3. The molecule has 2 fully saturated rings. The summed E-state index contributed by atoms with van der Waals surface area (Å²) in [6, 6.07) is -0.213. The monoisotopic (exact) mass is 239 g/mol. The Morgan fingerprint density at radius 2 is 2.00 bits per heavy atom. The molecule has 0 atom stereocenters. The van der Waals surface area contributed by atoms with E-state index in [0.29, 0.717) is 13.1 Å². The van der Waals surface area contributed by atoms with E-state index in [1.807, 2.05) is 6.92 Å². The van der Waals surface area contributed by atoms with Gasteiger partial charge >= 0.3 is 6.03 Å². The van der Waals surface area contributed by atoms with Gasteiger partial charge in [0, 0.05) is 13.1 Å². The van der Waals surface area contributed by atoms with Crippen LogP contribution in [0.2, 0.25) is 0 Å². The number of hydrogen-bond acceptors (Lipinski definition) is 3. The van der Waals surface area contributed by atoms with Crippen LogP contribution in [0.3, 0.4) is 0 Å². The summed E-state index contributed by atoms with van der Waals surface area (Å²) >= 11 is 0. The SMILES string of the molecule is CCNCCN1C(=O)NC2(CCCCC2)C1=O. The zero-order chi connectivity index (χ0) is 12.3. The van der Waals surface area contributed by atoms with Crippen molar-refractivity contribution in [2.75, 3.05) is 19.6 Å². The number of imide groups is 1. The fourth-order valence-electron chi connectivity index (χ4n) is 2.74. The predicted octanol–water partition coefficient (Wildman–Crippen LogP) is 0.851. The highest BCUT2D eigenvalue weighted by Crippen LogP contribution is 2.33. The minimum atomic E-state index is -0.568. The summed E-state index contributed by atoms with van der Waals surface area (Å²) in [7, 11) is 0. The molecule has 1 spiro atoms. The standard InChI is InChI=1S/C12H21N3O2/c1-2-13-8-9-15-10(16)12(14-11(15)17)6-4-3-5-7-12/h13H,2-9H2,1H3,(H,14,17). The van der Waals surface area contributed by atoms with Crippen LogP contribution in [-0.2, 0) is 4.79 Å². The molecule has 2 aliphatic rings. The zero-order valence-electron chi connectivity index (χ0n) is 10.4. The molecule has 2 N–H and O–H groups in total. The third kappa shape index (κ3) is 2.29. The number of nitrogens with zero attached hydrogens (tertiary/aromatic N) is 1. The molecule has 1 aliphatic carbocycles. The summed E-state index contributed by atoms with van der Waals surface area (Å²) in [4.78, 5) is 25.5. The predicted molar refractivity (Wildman–Crippen MR) is 64.6 cm³/mol. The van der Waals surface area contributed by atoms with Crippen LogP contribution < -0.4 is 10.6 Å². The fourth-order valence-corrected chi connectivity index (χ4v) is 2.74. The Labute approximate surface area is 102 Å². The first-order chi connectivity index (χ1) is 8.19. The number of carbonyl (C=O) groups is 2. The van der Waals surface area contributed by atoms with Crippen LogP contribution in [0.5, 0.6) is 0 Å². The largest absolute Gasteiger partial charge is 0.325 e. The van der Waals surface area contributed by atoms with Gasteiger partial charge in [0.05, 0.1) is 0 Å². The lowest BCUT2D eigenvalue weighted by Crippen LogP contribution is -2.48. The summed E-state index contributed by atoms with van der Waals surface area (Å²) in [5.41, 5.74) is -0.568. The lowest BCUT2D eigenvalue weighted by atomic mass is 9.82. The number of rotatable bonds is 4. The van der Waals surface area contributed by atoms with Gasteiger partial charge in [-0.1, -0.05) is 26.2 Å². The van der Waals surface area contributed by atoms with Gasteiger partial charge in [0.1, 0.15) is 5.54 Å². The maximum Gasteiger partial charge on any atom is 0.325 e. The van der Waals surface area contributed by atoms with Crippen molar-refractivity contribution in [2.45, 2.75) is 44.6 Å². The normalized spacial score (nSPS) is 23.2. The number of amides is 3. The molecule has 1 heterocycles. The second-order valence-corrected chi connectivity index (χ2v) is 4.88. The average Bonchev–Trinajstić information content (AvgIpc) is 2.55. The number of carbonyl (C=O) groups excluding carboxylic acids is 2. The average molecular weight is 239 g/mol. The molecule has 1 aliphatic heterocycles. The first-order valence-corrected chi connectivity index (χ1v) is 6.54. The van der Waals surface area contributed by atoms with Crippen molar-refractivity contribution in [3.63, 3.8) is 0 Å². The molecular formula is C12H21N3O2. The molecular weight excluding hydrogens is 218 g/mol. The van der Waals surface area contributed by atoms with Crippen LogP contribution in [0, 0.1) is 0 Å². The van der Waals surface area contributed by atoms with Gasteiger partial charge in [-0.25, -0.2) is 4.79 Å². The molecule has 0 bridgehead atoms. The van der Waals surface area contributed by atoms with Crippen molar-refractivity contribution in [3.05, 3.63) is 0 Å². The summed E-state index contributed by atoms with van der Waals surface area (Å²) in [6.07, 6.45) is 4.84. The molecule has 2 rings (SSSR count). The molecule has 5 heteroatoms. The zero-order valence-corrected chi connectivity index (χ0v) is 10.4. The second-order valence-electron chi connectivity index (χ2n) is 4.88. The van der Waals surface area contributed by atoms with E-state index in [1.165, 1.54) is 11.3 Å². The van der Waals surface area contributed by atoms with Gasteiger partial charge in [0.25, 0.3) is 5.91 Å². The quantitative estimate of drug-likeness (QED) is 0.565. The van der Waals surface area contributed by atoms with Crippen LogP contribution >= 0.6 is 0 Å². The van der Waals surface area contributed by atoms with Crippen LogP contribution in [0.4, 0.5) is 4.79 Å². The summed E-state index contributed by atoms with van der Waals surface area (Å²) in [5.74, 6) is -0.0138. The number of urea groups is 1. The first kappa shape index (κ1) is 12.4. The highest BCUT2D eigenvalue weighted by molar-refractivity contribution is 6.07. The second kappa shape index (κ2) is 5.04. The van der Waals surface area contributed by atoms with Crippen molar-refractivity contribution in [3.8, 4) is 0 Å². The van der Waals surface area contributed by atoms with Crippen molar-refractivity contribution in [1.82, 2.24) is 15.5 Å². The van der Waals surface area contributed by atoms with E-state index >= 15 is 0 Å². The van der Waals surface area contributed by atoms with Gasteiger partial charge in [0.2, 0.25) is 0 Å². The van der Waals surface area contributed by atoms with E-state index < -0.39 is 5.54 Å². The first-order valence-electron chi connectivity index (χ1n) is 6.54. The van der Waals surface area contributed by atoms with Crippen LogP contribution in [-0.4, -0.2) is 42.0 Å². The Kier molecular flexibility index (Phi) is 3.66. The van der Waals surface area contributed by atoms with Crippen LogP contribution in [0.15, 0.2) is 0 Å². The van der Waals surface area contributed by atoms with Gasteiger partial charge < -0.3 is 10.6 Å². The maximum absolute atomic E-state index is 12.3. The third-order valence-electron chi connectivity index (χ3n) is 3.72. The van der Waals surface area contributed by atoms with Gasteiger partial charge in [-0.2, -0.15) is 0 Å². The van der Waals surface area contributed by atoms with Gasteiger partial charge in [0.15, 0.2) is 0 Å². The lowest BCUT2D eigenvalue weighted by molar-refractivity contribution is -0.132. The molecule has 96 valence electrons. The van der Waals surface area contributed by atoms with Gasteiger partial charge in [-0.15, -0.1) is 0 Å². The highest BCUT2D eigenvalue weighted by atomic mass is 16.2. The summed E-state index contributed by atoms with van der Waals surface area (Å²) in [6.45, 7) is 4.01. The topological polar surface area (TPSA) is 61.4 Å². The molecule has 1 saturated carbocycles. The molecule has 1 saturated heterocycles. The Morgan fingerprint density at radius 3 is 2.65 bits per heavy atom. The van der Waals surface area contributed by atoms with E-state index in [4.69, 9.17) is 0 Å². The van der Waals surface area contributed by atoms with Crippen LogP contribution in [0.1, 0.15) is 39.0 Å². The van der Waals surface area contributed by atoms with Gasteiger partial charge in [-0.05, 0) is 19.4 Å². The van der Waals surface area contributed by atoms with Gasteiger partial charge in [-0.3, -0.25) is 9.69 Å². The van der Waals surface area contributed by atoms with E-state index in [-0.39, 0.29) is 11.9 Å². The molecule has 0 aromatic carbocycles. The highest BCUT2D eigenvalue weighted by Gasteiger charge is 2.50. The van der Waals surface area contributed by atoms with E-state index in [1.54, 1.807) is 0 Å². The van der Waals surface area contributed by atoms with E-state index in [9.17, 15) is 9.59 Å². The fraction of sp³-hybridized carbons (Fsp3) is 0.833. The summed E-state index contributed by atoms with van der Waals surface area (Å²) in [5, 5.41) is 6.04. The third-order valence-corrected chi connectivity index (χ3v) is 3.72. The Hall–Kier alpha value is -1.10. The Balaban J connectivity index is 2.00. The van der Waals surface area contributed by atoms with Crippen molar-refractivity contribution in [2.24, 2.45) is 0 Å². The molecule has 3 amide bonds. The molecule has 0 unspecified atom stereocenters. The number of likely N-dealkylation sites (N-methyl/N-ethyl adjacent to an activating group) is 1. The van der Waals surface area contributed by atoms with Crippen molar-refractivity contribution < 1.29 is 9.59 Å². The number of hydrogen-bond donors (Lipinski definition) is 2.